The molecule has 0 aliphatic carbocycles. The fourth-order valence-electron chi connectivity index (χ4n) is 8.31. The molecule has 3 aromatic heterocycles. The van der Waals surface area contributed by atoms with Crippen molar-refractivity contribution in [3.05, 3.63) is 174 Å². The van der Waals surface area contributed by atoms with Crippen molar-refractivity contribution in [3.8, 4) is 34.0 Å². The largest absolute Gasteiger partial charge is 0.351 e. The minimum atomic E-state index is -2.16. The van der Waals surface area contributed by atoms with Crippen molar-refractivity contribution in [2.75, 3.05) is 0 Å². The molecule has 6 aromatic carbocycles. The van der Waals surface area contributed by atoms with Gasteiger partial charge in [-0.3, -0.25) is 4.98 Å². The Morgan fingerprint density at radius 1 is 0.661 bits per heavy atom. The van der Waals surface area contributed by atoms with Gasteiger partial charge in [-0.2, -0.15) is 0 Å². The summed E-state index contributed by atoms with van der Waals surface area (Å²) in [5, 5.41) is 3.44. The van der Waals surface area contributed by atoms with E-state index in [9.17, 15) is 0 Å². The standard InChI is InChI=1S/C37H32N3.C19H26NSi.Ir/c1-24(2)28-16-12-17-29(25(3)4)36(28)40-35-20-11-9-18-32(35)38-37(40)26-21-22-34-31(23-26)30-15-8-10-19-33(30)39(34)27-13-6-5-7-14-27;1-14(2)11-17-12-18(16-9-7-15(3)8-10-16)20-13-19(17)21(4,5)6;/h5-20,22-25H,1-4H3;7-9,12-14H,11H2,1-6H3;/q2*-1;/i;3D3,11D2;. The Balaban J connectivity index is 0.000000216. The zero-order valence-corrected chi connectivity index (χ0v) is 40.5. The van der Waals surface area contributed by atoms with Gasteiger partial charge in [0.1, 0.15) is 0 Å². The number of rotatable bonds is 9. The van der Waals surface area contributed by atoms with E-state index >= 15 is 0 Å². The van der Waals surface area contributed by atoms with E-state index in [0.717, 1.165) is 38.8 Å². The molecule has 1 radical (unpaired) electrons. The van der Waals surface area contributed by atoms with Crippen LogP contribution >= 0.6 is 0 Å². The summed E-state index contributed by atoms with van der Waals surface area (Å²) >= 11 is 0. The first-order chi connectivity index (χ1) is 31.3. The zero-order valence-electron chi connectivity index (χ0n) is 42.1. The van der Waals surface area contributed by atoms with Crippen LogP contribution in [0.1, 0.15) is 82.5 Å². The molecule has 0 bridgehead atoms. The molecule has 62 heavy (non-hydrogen) atoms. The molecule has 0 aliphatic heterocycles. The Labute approximate surface area is 390 Å². The van der Waals surface area contributed by atoms with Crippen LogP contribution in [0.4, 0.5) is 0 Å². The molecule has 4 nitrogen and oxygen atoms in total. The summed E-state index contributed by atoms with van der Waals surface area (Å²) in [5.74, 6) is 1.50. The maximum Gasteiger partial charge on any atom is 0.0798 e. The quantitative estimate of drug-likeness (QED) is 0.107. The number of hydrogen-bond acceptors (Lipinski definition) is 2. The second kappa shape index (κ2) is 18.5. The van der Waals surface area contributed by atoms with Crippen molar-refractivity contribution in [1.82, 2.24) is 19.1 Å². The van der Waals surface area contributed by atoms with Crippen molar-refractivity contribution in [1.29, 1.82) is 0 Å². The maximum atomic E-state index is 8.59. The van der Waals surface area contributed by atoms with Crippen LogP contribution in [-0.2, 0) is 26.5 Å². The summed E-state index contributed by atoms with van der Waals surface area (Å²) in [5.41, 5.74) is 12.7. The van der Waals surface area contributed by atoms with Crippen LogP contribution in [0.15, 0.2) is 140 Å². The third kappa shape index (κ3) is 8.92. The molecular formula is C56H58IrN4Si-2. The van der Waals surface area contributed by atoms with E-state index in [1.165, 1.54) is 39.2 Å². The SMILES string of the molecule is CC(C)c1cccc(C(C)C)c1-n1c(-c2[c-]cc3c(c2)c2ccccc2n3-c2ccccc2)nc2ccccc21.[2H]C([2H])([2H])c1c[c-]c(-c2cc(C([2H])([2H])C(C)C)c([Si](C)(C)C)cn2)cc1.[Ir]. The van der Waals surface area contributed by atoms with Gasteiger partial charge in [-0.1, -0.05) is 152 Å². The summed E-state index contributed by atoms with van der Waals surface area (Å²) < 4.78 is 44.3. The third-order valence-electron chi connectivity index (χ3n) is 11.2. The minimum Gasteiger partial charge on any atom is -0.351 e. The fourth-order valence-corrected chi connectivity index (χ4v) is 9.72. The molecule has 0 N–H and O–H groups in total. The Morgan fingerprint density at radius 2 is 1.32 bits per heavy atom. The van der Waals surface area contributed by atoms with E-state index in [1.54, 1.807) is 18.3 Å². The van der Waals surface area contributed by atoms with Gasteiger partial charge >= 0.3 is 0 Å². The average Bonchev–Trinajstić information content (AvgIpc) is 3.84. The van der Waals surface area contributed by atoms with E-state index in [1.807, 2.05) is 19.9 Å². The molecule has 0 saturated heterocycles. The number of benzene rings is 6. The topological polar surface area (TPSA) is 35.6 Å². The molecule has 9 aromatic rings. The number of nitrogens with zero attached hydrogens (tertiary/aromatic N) is 4. The predicted molar refractivity (Wildman–Crippen MR) is 263 cm³/mol. The van der Waals surface area contributed by atoms with E-state index in [4.69, 9.17) is 11.8 Å². The molecule has 3 heterocycles. The normalized spacial score (nSPS) is 13.4. The van der Waals surface area contributed by atoms with Crippen molar-refractivity contribution < 1.29 is 27.0 Å². The Kier molecular flexibility index (Phi) is 11.4. The number of aryl methyl sites for hydroxylation is 1. The molecule has 6 heteroatoms. The summed E-state index contributed by atoms with van der Waals surface area (Å²) in [7, 11) is -1.78. The number of imidazole rings is 1. The second-order valence-corrected chi connectivity index (χ2v) is 22.9. The van der Waals surface area contributed by atoms with E-state index < -0.39 is 21.3 Å². The van der Waals surface area contributed by atoms with Crippen LogP contribution < -0.4 is 5.19 Å². The number of fused-ring (bicyclic) bond motifs is 4. The smallest absolute Gasteiger partial charge is 0.0798 e. The Morgan fingerprint density at radius 3 is 1.97 bits per heavy atom. The van der Waals surface area contributed by atoms with Gasteiger partial charge in [0.15, 0.2) is 0 Å². The second-order valence-electron chi connectivity index (χ2n) is 17.8. The van der Waals surface area contributed by atoms with Crippen LogP contribution in [-0.4, -0.2) is 27.2 Å². The zero-order chi connectivity index (χ0) is 47.3. The van der Waals surface area contributed by atoms with Gasteiger partial charge < -0.3 is 14.1 Å². The summed E-state index contributed by atoms with van der Waals surface area (Å²) in [6.07, 6.45) is 0.328. The van der Waals surface area contributed by atoms with Gasteiger partial charge in [0, 0.05) is 50.0 Å². The Bertz CT molecular complexity index is 3150. The summed E-state index contributed by atoms with van der Waals surface area (Å²) in [4.78, 5) is 9.77. The van der Waals surface area contributed by atoms with Gasteiger partial charge in [0.05, 0.1) is 24.9 Å². The van der Waals surface area contributed by atoms with Gasteiger partial charge in [-0.15, -0.1) is 59.2 Å². The van der Waals surface area contributed by atoms with E-state index in [-0.39, 0.29) is 31.6 Å². The van der Waals surface area contributed by atoms with Crippen molar-refractivity contribution in [2.45, 2.75) is 86.2 Å². The fraction of sp³-hybridized carbons (Fsp3) is 0.250. The van der Waals surface area contributed by atoms with Crippen LogP contribution in [0.3, 0.4) is 0 Å². The molecule has 0 spiro atoms. The first kappa shape index (κ1) is 38.3. The molecule has 317 valence electrons. The first-order valence-corrected chi connectivity index (χ1v) is 24.9. The molecule has 0 fully saturated rings. The van der Waals surface area contributed by atoms with E-state index in [2.05, 4.69) is 183 Å². The van der Waals surface area contributed by atoms with Crippen LogP contribution in [0, 0.1) is 24.9 Å². The number of hydrogen-bond donors (Lipinski definition) is 0. The summed E-state index contributed by atoms with van der Waals surface area (Å²) in [6, 6.07) is 52.0. The van der Waals surface area contributed by atoms with Crippen molar-refractivity contribution in [3.63, 3.8) is 0 Å². The van der Waals surface area contributed by atoms with Crippen LogP contribution in [0.5, 0.6) is 0 Å². The molecule has 0 saturated carbocycles. The predicted octanol–water partition coefficient (Wildman–Crippen LogP) is 14.4. The van der Waals surface area contributed by atoms with Gasteiger partial charge in [-0.05, 0) is 87.4 Å². The minimum absolute atomic E-state index is 0. The monoisotopic (exact) mass is 1010 g/mol. The molecule has 0 aliphatic rings. The van der Waals surface area contributed by atoms with Crippen molar-refractivity contribution in [2.24, 2.45) is 5.92 Å². The number of pyridine rings is 1. The third-order valence-corrected chi connectivity index (χ3v) is 13.2. The molecular weight excluding hydrogens is 949 g/mol. The van der Waals surface area contributed by atoms with Crippen LogP contribution in [0.25, 0.3) is 66.9 Å². The van der Waals surface area contributed by atoms with E-state index in [0.29, 0.717) is 28.7 Å². The maximum absolute atomic E-state index is 8.59. The van der Waals surface area contributed by atoms with Crippen LogP contribution in [0.2, 0.25) is 19.6 Å². The first-order valence-electron chi connectivity index (χ1n) is 23.9. The molecule has 0 unspecified atom stereocenters. The molecule has 9 rings (SSSR count). The van der Waals surface area contributed by atoms with Gasteiger partial charge in [0.25, 0.3) is 0 Å². The number of para-hydroxylation sites is 5. The van der Waals surface area contributed by atoms with Crippen molar-refractivity contribution >= 4 is 46.1 Å². The Hall–Kier alpha value is -5.39. The average molecular weight is 1010 g/mol. The van der Waals surface area contributed by atoms with Gasteiger partial charge in [0.2, 0.25) is 0 Å². The molecule has 0 atom stereocenters. The number of aromatic nitrogens is 4. The molecule has 0 amide bonds. The van der Waals surface area contributed by atoms with Gasteiger partial charge in [-0.25, -0.2) is 0 Å². The summed E-state index contributed by atoms with van der Waals surface area (Å²) in [6.45, 7) is 17.2.